The summed E-state index contributed by atoms with van der Waals surface area (Å²) >= 11 is 0. The van der Waals surface area contributed by atoms with E-state index in [1.54, 1.807) is 18.2 Å². The number of piperidine rings is 1. The molecule has 1 unspecified atom stereocenters. The normalized spacial score (nSPS) is 20.3. The fourth-order valence-corrected chi connectivity index (χ4v) is 4.04. The molecule has 0 amide bonds. The highest BCUT2D eigenvalue weighted by molar-refractivity contribution is 7.91. The number of hydrogen-bond donors (Lipinski definition) is 2. The lowest BCUT2D eigenvalue weighted by atomic mass is 10.1. The zero-order valence-corrected chi connectivity index (χ0v) is 11.8. The van der Waals surface area contributed by atoms with Gasteiger partial charge in [-0.05, 0) is 37.4 Å². The minimum Gasteiger partial charge on any atom is -0.508 e. The summed E-state index contributed by atoms with van der Waals surface area (Å²) in [7, 11) is -3.07. The SMILES string of the molecule is O=S(=O)(CCc1ccccc1O)CC1CCCCN1. The smallest absolute Gasteiger partial charge is 0.152 e. The van der Waals surface area contributed by atoms with Crippen LogP contribution in [0.2, 0.25) is 0 Å². The average molecular weight is 283 g/mol. The molecule has 1 aromatic rings. The van der Waals surface area contributed by atoms with Crippen molar-refractivity contribution in [2.75, 3.05) is 18.1 Å². The quantitative estimate of drug-likeness (QED) is 0.859. The summed E-state index contributed by atoms with van der Waals surface area (Å²) < 4.78 is 24.1. The maximum absolute atomic E-state index is 12.1. The zero-order chi connectivity index (χ0) is 13.7. The molecule has 19 heavy (non-hydrogen) atoms. The summed E-state index contributed by atoms with van der Waals surface area (Å²) in [5.41, 5.74) is 0.697. The highest BCUT2D eigenvalue weighted by atomic mass is 32.2. The van der Waals surface area contributed by atoms with Crippen molar-refractivity contribution in [2.24, 2.45) is 0 Å². The first-order chi connectivity index (χ1) is 9.07. The van der Waals surface area contributed by atoms with Gasteiger partial charge in [-0.25, -0.2) is 8.42 Å². The maximum Gasteiger partial charge on any atom is 0.152 e. The van der Waals surface area contributed by atoms with E-state index in [-0.39, 0.29) is 23.3 Å². The van der Waals surface area contributed by atoms with Gasteiger partial charge in [-0.3, -0.25) is 0 Å². The van der Waals surface area contributed by atoms with E-state index in [4.69, 9.17) is 0 Å². The molecule has 4 nitrogen and oxygen atoms in total. The lowest BCUT2D eigenvalue weighted by Crippen LogP contribution is -2.40. The predicted octanol–water partition coefficient (Wildman–Crippen LogP) is 1.49. The summed E-state index contributed by atoms with van der Waals surface area (Å²) in [6.45, 7) is 0.916. The van der Waals surface area contributed by atoms with Crippen molar-refractivity contribution in [1.29, 1.82) is 0 Å². The van der Waals surface area contributed by atoms with Crippen molar-refractivity contribution < 1.29 is 13.5 Å². The second-order valence-corrected chi connectivity index (χ2v) is 7.37. The van der Waals surface area contributed by atoms with E-state index >= 15 is 0 Å². The molecule has 0 saturated carbocycles. The summed E-state index contributed by atoms with van der Waals surface area (Å²) in [6.07, 6.45) is 3.55. The molecule has 1 heterocycles. The highest BCUT2D eigenvalue weighted by Gasteiger charge is 2.21. The van der Waals surface area contributed by atoms with Crippen LogP contribution in [0.4, 0.5) is 0 Å². The van der Waals surface area contributed by atoms with Crippen LogP contribution in [-0.2, 0) is 16.3 Å². The van der Waals surface area contributed by atoms with Crippen molar-refractivity contribution >= 4 is 9.84 Å². The second kappa shape index (κ2) is 6.39. The third-order valence-corrected chi connectivity index (χ3v) is 5.28. The van der Waals surface area contributed by atoms with Crippen LogP contribution in [0.1, 0.15) is 24.8 Å². The highest BCUT2D eigenvalue weighted by Crippen LogP contribution is 2.17. The Kier molecular flexibility index (Phi) is 4.82. The van der Waals surface area contributed by atoms with Crippen LogP contribution in [0, 0.1) is 0 Å². The molecular formula is C14H21NO3S. The van der Waals surface area contributed by atoms with Crippen molar-refractivity contribution in [2.45, 2.75) is 31.7 Å². The molecule has 2 N–H and O–H groups in total. The van der Waals surface area contributed by atoms with E-state index in [0.29, 0.717) is 12.0 Å². The number of benzene rings is 1. The summed E-state index contributed by atoms with van der Waals surface area (Å²) in [6, 6.07) is 7.00. The Balaban J connectivity index is 1.88. The molecule has 5 heteroatoms. The zero-order valence-electron chi connectivity index (χ0n) is 11.0. The topological polar surface area (TPSA) is 66.4 Å². The number of phenolic OH excluding ortho intramolecular Hbond substituents is 1. The molecule has 106 valence electrons. The van der Waals surface area contributed by atoms with E-state index in [0.717, 1.165) is 25.8 Å². The number of aromatic hydroxyl groups is 1. The van der Waals surface area contributed by atoms with Gasteiger partial charge in [0.2, 0.25) is 0 Å². The Morgan fingerprint density at radius 3 is 2.74 bits per heavy atom. The lowest BCUT2D eigenvalue weighted by Gasteiger charge is -2.23. The Bertz CT molecular complexity index is 507. The summed E-state index contributed by atoms with van der Waals surface area (Å²) in [4.78, 5) is 0. The van der Waals surface area contributed by atoms with Crippen molar-refractivity contribution in [1.82, 2.24) is 5.32 Å². The predicted molar refractivity (Wildman–Crippen MR) is 76.1 cm³/mol. The first-order valence-corrected chi connectivity index (χ1v) is 8.60. The molecule has 1 atom stereocenters. The number of nitrogens with one attached hydrogen (secondary N) is 1. The van der Waals surface area contributed by atoms with Crippen LogP contribution in [0.15, 0.2) is 24.3 Å². The molecule has 0 spiro atoms. The van der Waals surface area contributed by atoms with Gasteiger partial charge in [-0.2, -0.15) is 0 Å². The molecular weight excluding hydrogens is 262 g/mol. The largest absolute Gasteiger partial charge is 0.508 e. The molecule has 0 bridgehead atoms. The Labute approximate surface area is 114 Å². The first kappa shape index (κ1) is 14.3. The number of aryl methyl sites for hydroxylation is 1. The molecule has 1 aliphatic rings. The van der Waals surface area contributed by atoms with Gasteiger partial charge >= 0.3 is 0 Å². The molecule has 2 rings (SSSR count). The second-order valence-electron chi connectivity index (χ2n) is 5.14. The number of phenols is 1. The van der Waals surface area contributed by atoms with Crippen LogP contribution < -0.4 is 5.32 Å². The number of sulfone groups is 1. The van der Waals surface area contributed by atoms with E-state index in [1.165, 1.54) is 0 Å². The van der Waals surface area contributed by atoms with Crippen LogP contribution >= 0.6 is 0 Å². The van der Waals surface area contributed by atoms with Gasteiger partial charge in [0, 0.05) is 6.04 Å². The van der Waals surface area contributed by atoms with Crippen LogP contribution in [0.5, 0.6) is 5.75 Å². The molecule has 1 aliphatic heterocycles. The van der Waals surface area contributed by atoms with Crippen molar-refractivity contribution in [3.63, 3.8) is 0 Å². The van der Waals surface area contributed by atoms with E-state index in [1.807, 2.05) is 6.07 Å². The lowest BCUT2D eigenvalue weighted by molar-refractivity contribution is 0.423. The van der Waals surface area contributed by atoms with Crippen molar-refractivity contribution in [3.05, 3.63) is 29.8 Å². The van der Waals surface area contributed by atoms with Gasteiger partial charge in [-0.1, -0.05) is 24.6 Å². The molecule has 0 aromatic heterocycles. The van der Waals surface area contributed by atoms with Crippen LogP contribution in [0.3, 0.4) is 0 Å². The Morgan fingerprint density at radius 1 is 1.26 bits per heavy atom. The summed E-state index contributed by atoms with van der Waals surface area (Å²) in [5.74, 6) is 0.483. The van der Waals surface area contributed by atoms with Gasteiger partial charge in [0.15, 0.2) is 9.84 Å². The maximum atomic E-state index is 12.1. The van der Waals surface area contributed by atoms with E-state index in [2.05, 4.69) is 5.32 Å². The minimum absolute atomic E-state index is 0.1000. The summed E-state index contributed by atoms with van der Waals surface area (Å²) in [5, 5.41) is 12.9. The van der Waals surface area contributed by atoms with E-state index < -0.39 is 9.84 Å². The molecule has 0 aliphatic carbocycles. The van der Waals surface area contributed by atoms with E-state index in [9.17, 15) is 13.5 Å². The van der Waals surface area contributed by atoms with Crippen molar-refractivity contribution in [3.8, 4) is 5.75 Å². The monoisotopic (exact) mass is 283 g/mol. The standard InChI is InChI=1S/C14H21NO3S/c16-14-7-2-1-5-12(14)8-10-19(17,18)11-13-6-3-4-9-15-13/h1-2,5,7,13,15-16H,3-4,6,8-11H2. The van der Waals surface area contributed by atoms with Gasteiger partial charge in [0.05, 0.1) is 11.5 Å². The molecule has 1 aromatic carbocycles. The Hall–Kier alpha value is -1.07. The van der Waals surface area contributed by atoms with Gasteiger partial charge in [-0.15, -0.1) is 0 Å². The number of para-hydroxylation sites is 1. The minimum atomic E-state index is -3.07. The molecule has 0 radical (unpaired) electrons. The fourth-order valence-electron chi connectivity index (χ4n) is 2.44. The fraction of sp³-hybridized carbons (Fsp3) is 0.571. The van der Waals surface area contributed by atoms with Crippen LogP contribution in [0.25, 0.3) is 0 Å². The van der Waals surface area contributed by atoms with Crippen LogP contribution in [-0.4, -0.2) is 37.6 Å². The van der Waals surface area contributed by atoms with Gasteiger partial charge in [0.25, 0.3) is 0 Å². The third-order valence-electron chi connectivity index (χ3n) is 3.54. The number of rotatable bonds is 5. The van der Waals surface area contributed by atoms with Gasteiger partial charge < -0.3 is 10.4 Å². The average Bonchev–Trinajstić information content (AvgIpc) is 2.38. The molecule has 1 fully saturated rings. The third kappa shape index (κ3) is 4.51. The number of hydrogen-bond acceptors (Lipinski definition) is 4. The first-order valence-electron chi connectivity index (χ1n) is 6.77. The van der Waals surface area contributed by atoms with Gasteiger partial charge in [0.1, 0.15) is 5.75 Å². The Morgan fingerprint density at radius 2 is 2.05 bits per heavy atom. The molecule has 1 saturated heterocycles.